The van der Waals surface area contributed by atoms with Crippen LogP contribution in [0.2, 0.25) is 5.02 Å². The van der Waals surface area contributed by atoms with Gasteiger partial charge in [0.1, 0.15) is 9.77 Å². The van der Waals surface area contributed by atoms with Crippen LogP contribution in [0.4, 0.5) is 11.4 Å². The van der Waals surface area contributed by atoms with Crippen molar-refractivity contribution in [1.29, 1.82) is 0 Å². The second-order valence-electron chi connectivity index (χ2n) is 7.81. The van der Waals surface area contributed by atoms with Gasteiger partial charge in [-0.15, -0.1) is 11.3 Å². The molecule has 1 saturated heterocycles. The van der Waals surface area contributed by atoms with E-state index in [1.54, 1.807) is 5.38 Å². The summed E-state index contributed by atoms with van der Waals surface area (Å²) in [4.78, 5) is 15.3. The molecular weight excluding hydrogens is 466 g/mol. The summed E-state index contributed by atoms with van der Waals surface area (Å²) < 4.78 is 28.1. The summed E-state index contributed by atoms with van der Waals surface area (Å²) in [6.07, 6.45) is 0. The molecule has 2 aromatic carbocycles. The number of aryl methyl sites for hydroxylation is 2. The van der Waals surface area contributed by atoms with E-state index in [0.29, 0.717) is 36.9 Å². The largest absolute Gasteiger partial charge is 0.369 e. The number of nitrogens with zero attached hydrogens (tertiary/aromatic N) is 2. The number of sulfonamides is 1. The Morgan fingerprint density at radius 1 is 0.969 bits per heavy atom. The Kier molecular flexibility index (Phi) is 6.57. The highest BCUT2D eigenvalue weighted by atomic mass is 35.5. The van der Waals surface area contributed by atoms with Gasteiger partial charge in [-0.1, -0.05) is 17.7 Å². The van der Waals surface area contributed by atoms with E-state index in [1.807, 2.05) is 56.3 Å². The Labute approximate surface area is 197 Å². The van der Waals surface area contributed by atoms with Crippen LogP contribution < -0.4 is 10.2 Å². The molecule has 1 amide bonds. The molecule has 1 aromatic heterocycles. The van der Waals surface area contributed by atoms with Crippen molar-refractivity contribution in [2.45, 2.75) is 18.7 Å². The number of amides is 1. The molecule has 0 saturated carbocycles. The van der Waals surface area contributed by atoms with E-state index < -0.39 is 15.9 Å². The molecule has 4 rings (SSSR count). The molecule has 2 heterocycles. The number of benzene rings is 2. The van der Waals surface area contributed by atoms with Crippen LogP contribution >= 0.6 is 22.9 Å². The van der Waals surface area contributed by atoms with Gasteiger partial charge in [0.25, 0.3) is 5.91 Å². The zero-order valence-electron chi connectivity index (χ0n) is 17.8. The third-order valence-electron chi connectivity index (χ3n) is 5.36. The van der Waals surface area contributed by atoms with E-state index in [1.165, 1.54) is 10.4 Å². The number of rotatable bonds is 5. The van der Waals surface area contributed by atoms with E-state index in [2.05, 4.69) is 10.2 Å². The molecule has 168 valence electrons. The molecule has 32 heavy (non-hydrogen) atoms. The number of hydrogen-bond donors (Lipinski definition) is 1. The van der Waals surface area contributed by atoms with Crippen LogP contribution in [0.25, 0.3) is 0 Å². The number of nitrogens with one attached hydrogen (secondary N) is 1. The molecule has 0 aliphatic carbocycles. The van der Waals surface area contributed by atoms with Crippen molar-refractivity contribution in [2.24, 2.45) is 0 Å². The lowest BCUT2D eigenvalue weighted by molar-refractivity contribution is 0.102. The van der Waals surface area contributed by atoms with Gasteiger partial charge in [-0.25, -0.2) is 8.42 Å². The number of carbonyl (C=O) groups excluding carboxylic acids is 1. The van der Waals surface area contributed by atoms with Gasteiger partial charge in [0, 0.05) is 42.6 Å². The van der Waals surface area contributed by atoms with Gasteiger partial charge >= 0.3 is 0 Å². The van der Waals surface area contributed by atoms with E-state index in [0.717, 1.165) is 28.2 Å². The van der Waals surface area contributed by atoms with Crippen LogP contribution in [0.1, 0.15) is 20.8 Å². The van der Waals surface area contributed by atoms with Crippen molar-refractivity contribution in [3.05, 3.63) is 74.9 Å². The van der Waals surface area contributed by atoms with Crippen LogP contribution in [0.5, 0.6) is 0 Å². The first kappa shape index (κ1) is 22.8. The summed E-state index contributed by atoms with van der Waals surface area (Å²) in [7, 11) is -3.78. The number of carbonyl (C=O) groups is 1. The predicted molar refractivity (Wildman–Crippen MR) is 131 cm³/mol. The first-order valence-electron chi connectivity index (χ1n) is 10.2. The second kappa shape index (κ2) is 9.23. The third-order valence-corrected chi connectivity index (χ3v) is 8.60. The van der Waals surface area contributed by atoms with Crippen LogP contribution in [0, 0.1) is 13.8 Å². The third kappa shape index (κ3) is 4.83. The maximum Gasteiger partial charge on any atom is 0.267 e. The summed E-state index contributed by atoms with van der Waals surface area (Å²) in [6.45, 7) is 5.73. The van der Waals surface area contributed by atoms with Crippen molar-refractivity contribution in [3.8, 4) is 0 Å². The molecule has 0 radical (unpaired) electrons. The van der Waals surface area contributed by atoms with Crippen LogP contribution in [0.3, 0.4) is 0 Å². The number of thiophene rings is 1. The van der Waals surface area contributed by atoms with Gasteiger partial charge in [0.05, 0.1) is 0 Å². The van der Waals surface area contributed by atoms with Crippen LogP contribution in [-0.2, 0) is 10.0 Å². The average molecular weight is 490 g/mol. The van der Waals surface area contributed by atoms with Gasteiger partial charge in [0.15, 0.2) is 0 Å². The minimum atomic E-state index is -3.78. The minimum absolute atomic E-state index is 0.0596. The zero-order chi connectivity index (χ0) is 22.9. The Morgan fingerprint density at radius 3 is 2.22 bits per heavy atom. The van der Waals surface area contributed by atoms with E-state index in [9.17, 15) is 13.2 Å². The lowest BCUT2D eigenvalue weighted by Gasteiger charge is -2.35. The first-order chi connectivity index (χ1) is 15.2. The maximum absolute atomic E-state index is 13.3. The normalized spacial score (nSPS) is 15.0. The van der Waals surface area contributed by atoms with E-state index in [4.69, 9.17) is 11.6 Å². The molecule has 0 atom stereocenters. The zero-order valence-corrected chi connectivity index (χ0v) is 20.2. The Hall–Kier alpha value is -2.39. The molecule has 0 bridgehead atoms. The quantitative estimate of drug-likeness (QED) is 0.560. The lowest BCUT2D eigenvalue weighted by atomic mass is 10.1. The summed E-state index contributed by atoms with van der Waals surface area (Å²) in [5, 5.41) is 5.16. The number of halogens is 1. The fourth-order valence-electron chi connectivity index (χ4n) is 3.88. The highest BCUT2D eigenvalue weighted by Gasteiger charge is 2.32. The number of hydrogen-bond acceptors (Lipinski definition) is 5. The van der Waals surface area contributed by atoms with E-state index >= 15 is 0 Å². The summed E-state index contributed by atoms with van der Waals surface area (Å²) in [6, 6.07) is 14.8. The molecule has 1 N–H and O–H groups in total. The van der Waals surface area contributed by atoms with Gasteiger partial charge < -0.3 is 10.2 Å². The molecule has 1 aliphatic heterocycles. The molecular formula is C23H24ClN3O3S2. The molecule has 1 fully saturated rings. The highest BCUT2D eigenvalue weighted by molar-refractivity contribution is 7.89. The summed E-state index contributed by atoms with van der Waals surface area (Å²) in [5.74, 6) is -0.414. The van der Waals surface area contributed by atoms with Gasteiger partial charge in [-0.3, -0.25) is 4.79 Å². The SMILES string of the molecule is Cc1cc(C)cc(NC(=O)c2sccc2S(=O)(=O)N2CCN(c3ccc(Cl)cc3)CC2)c1. The maximum atomic E-state index is 13.3. The van der Waals surface area contributed by atoms with Crippen molar-refractivity contribution in [3.63, 3.8) is 0 Å². The van der Waals surface area contributed by atoms with Crippen molar-refractivity contribution >= 4 is 50.2 Å². The number of anilines is 2. The molecule has 6 nitrogen and oxygen atoms in total. The monoisotopic (exact) mass is 489 g/mol. The molecule has 9 heteroatoms. The Bertz CT molecular complexity index is 1210. The van der Waals surface area contributed by atoms with Crippen molar-refractivity contribution in [2.75, 3.05) is 36.4 Å². The smallest absolute Gasteiger partial charge is 0.267 e. The first-order valence-corrected chi connectivity index (χ1v) is 12.9. The lowest BCUT2D eigenvalue weighted by Crippen LogP contribution is -2.48. The standard InChI is InChI=1S/C23H24ClN3O3S2/c1-16-13-17(2)15-19(14-16)25-23(28)22-21(7-12-31-22)32(29,30)27-10-8-26(9-11-27)20-5-3-18(24)4-6-20/h3-7,12-15H,8-11H2,1-2H3,(H,25,28). The number of piperazine rings is 1. The van der Waals surface area contributed by atoms with Crippen molar-refractivity contribution < 1.29 is 13.2 Å². The fourth-order valence-corrected chi connectivity index (χ4v) is 6.72. The van der Waals surface area contributed by atoms with Crippen LogP contribution in [-0.4, -0.2) is 44.8 Å². The van der Waals surface area contributed by atoms with Gasteiger partial charge in [0.2, 0.25) is 10.0 Å². The van der Waals surface area contributed by atoms with Gasteiger partial charge in [-0.2, -0.15) is 4.31 Å². The fraction of sp³-hybridized carbons (Fsp3) is 0.261. The predicted octanol–water partition coefficient (Wildman–Crippen LogP) is 4.78. The minimum Gasteiger partial charge on any atom is -0.369 e. The van der Waals surface area contributed by atoms with Gasteiger partial charge in [-0.05, 0) is 72.8 Å². The topological polar surface area (TPSA) is 69.7 Å². The Balaban J connectivity index is 1.49. The van der Waals surface area contributed by atoms with Crippen molar-refractivity contribution in [1.82, 2.24) is 4.31 Å². The van der Waals surface area contributed by atoms with Crippen LogP contribution in [0.15, 0.2) is 58.8 Å². The highest BCUT2D eigenvalue weighted by Crippen LogP contribution is 2.28. The average Bonchev–Trinajstić information content (AvgIpc) is 3.25. The summed E-state index contributed by atoms with van der Waals surface area (Å²) >= 11 is 7.09. The van der Waals surface area contributed by atoms with E-state index in [-0.39, 0.29) is 9.77 Å². The molecule has 0 spiro atoms. The molecule has 0 unspecified atom stereocenters. The summed E-state index contributed by atoms with van der Waals surface area (Å²) in [5.41, 5.74) is 3.71. The Morgan fingerprint density at radius 2 is 1.59 bits per heavy atom. The molecule has 1 aliphatic rings. The second-order valence-corrected chi connectivity index (χ2v) is 11.1. The molecule has 3 aromatic rings.